The Labute approximate surface area is 260 Å². The third-order valence-corrected chi connectivity index (χ3v) is 6.49. The molecule has 0 aliphatic heterocycles. The van der Waals surface area contributed by atoms with E-state index < -0.39 is 0 Å². The van der Waals surface area contributed by atoms with Gasteiger partial charge in [-0.05, 0) is 66.7 Å². The van der Waals surface area contributed by atoms with Crippen LogP contribution in [0.3, 0.4) is 0 Å². The van der Waals surface area contributed by atoms with Crippen LogP contribution in [0.1, 0.15) is 29.9 Å². The summed E-state index contributed by atoms with van der Waals surface area (Å²) in [5.41, 5.74) is 14.6. The lowest BCUT2D eigenvalue weighted by molar-refractivity contribution is 0.0796. The molecule has 0 atom stereocenters. The summed E-state index contributed by atoms with van der Waals surface area (Å²) in [4.78, 5) is 23.9. The predicted molar refractivity (Wildman–Crippen MR) is 179 cm³/mol. The Balaban J connectivity index is 0.000000520. The minimum atomic E-state index is -0.0301. The van der Waals surface area contributed by atoms with Crippen LogP contribution >= 0.6 is 0 Å². The monoisotopic (exact) mass is 593 g/mol. The Morgan fingerprint density at radius 3 is 2.27 bits per heavy atom. The highest BCUT2D eigenvalue weighted by Gasteiger charge is 2.16. The zero-order chi connectivity index (χ0) is 31.9. The summed E-state index contributed by atoms with van der Waals surface area (Å²) in [6.07, 6.45) is 2.48. The lowest BCUT2D eigenvalue weighted by Crippen LogP contribution is -2.29. The van der Waals surface area contributed by atoms with Gasteiger partial charge in [0.1, 0.15) is 17.3 Å². The van der Waals surface area contributed by atoms with Gasteiger partial charge in [-0.25, -0.2) is 4.98 Å². The van der Waals surface area contributed by atoms with Gasteiger partial charge in [0.15, 0.2) is 0 Å². The fraction of sp³-hybridized carbons (Fsp3) is 0.229. The number of benzene rings is 3. The van der Waals surface area contributed by atoms with Gasteiger partial charge in [0.25, 0.3) is 5.91 Å². The number of rotatable bonds is 10. The van der Waals surface area contributed by atoms with Crippen molar-refractivity contribution < 1.29 is 9.53 Å². The molecule has 0 radical (unpaired) electrons. The maximum atomic E-state index is 13.0. The molecule has 2 heterocycles. The maximum Gasteiger partial charge on any atom is 0.253 e. The molecule has 3 aromatic carbocycles. The standard InChI is InChI=1S/C29H26N4O2.C4H11N3.C2H6/c1-32(19-17-23-8-6-7-18-30-23)29(34)22-13-16-27-26(20-22)31-28(33(27)2)21-11-14-25(15-12-21)35-24-9-4-3-5-10-24;1-4(6)7-3-2-5;1-2/h3-16,18,20H,17,19H2,1-2H3;7H,1-3,5-6H2;1-2H3. The van der Waals surface area contributed by atoms with Crippen LogP contribution in [0, 0.1) is 0 Å². The molecule has 9 heteroatoms. The van der Waals surface area contributed by atoms with Gasteiger partial charge < -0.3 is 31.0 Å². The Morgan fingerprint density at radius 1 is 0.977 bits per heavy atom. The normalized spacial score (nSPS) is 10.1. The molecule has 0 aliphatic rings. The number of aromatic nitrogens is 3. The minimum Gasteiger partial charge on any atom is -0.457 e. The smallest absolute Gasteiger partial charge is 0.253 e. The number of carbonyl (C=O) groups excluding carboxylic acids is 1. The number of aryl methyl sites for hydroxylation is 1. The van der Waals surface area contributed by atoms with Gasteiger partial charge in [-0.1, -0.05) is 44.7 Å². The maximum absolute atomic E-state index is 13.0. The summed E-state index contributed by atoms with van der Waals surface area (Å²) in [5, 5.41) is 2.75. The van der Waals surface area contributed by atoms with Gasteiger partial charge in [0, 0.05) is 63.2 Å². The number of ether oxygens (including phenoxy) is 1. The Morgan fingerprint density at radius 2 is 1.66 bits per heavy atom. The van der Waals surface area contributed by atoms with Crippen LogP contribution < -0.4 is 21.5 Å². The Kier molecular flexibility index (Phi) is 13.0. The van der Waals surface area contributed by atoms with E-state index in [0.29, 0.717) is 37.4 Å². The molecule has 0 spiro atoms. The van der Waals surface area contributed by atoms with Crippen LogP contribution in [0.15, 0.2) is 110 Å². The van der Waals surface area contributed by atoms with Gasteiger partial charge in [0.2, 0.25) is 0 Å². The Bertz CT molecular complexity index is 1600. The number of likely N-dealkylation sites (N-methyl/N-ethyl adjacent to an activating group) is 1. The summed E-state index contributed by atoms with van der Waals surface area (Å²) >= 11 is 0. The van der Waals surface area contributed by atoms with E-state index in [1.165, 1.54) is 0 Å². The number of hydrogen-bond donors (Lipinski definition) is 3. The number of nitrogens with zero attached hydrogens (tertiary/aromatic N) is 4. The van der Waals surface area contributed by atoms with E-state index in [4.69, 9.17) is 21.2 Å². The fourth-order valence-corrected chi connectivity index (χ4v) is 4.27. The van der Waals surface area contributed by atoms with Crippen molar-refractivity contribution in [1.29, 1.82) is 0 Å². The summed E-state index contributed by atoms with van der Waals surface area (Å²) < 4.78 is 7.94. The van der Waals surface area contributed by atoms with Gasteiger partial charge in [0.05, 0.1) is 16.9 Å². The number of pyridine rings is 1. The summed E-state index contributed by atoms with van der Waals surface area (Å²) in [5.74, 6) is 2.84. The highest BCUT2D eigenvalue weighted by atomic mass is 16.5. The molecule has 0 saturated carbocycles. The van der Waals surface area contributed by atoms with Crippen LogP contribution in [0.4, 0.5) is 0 Å². The third-order valence-electron chi connectivity index (χ3n) is 6.49. The quantitative estimate of drug-likeness (QED) is 0.189. The lowest BCUT2D eigenvalue weighted by Gasteiger charge is -2.17. The van der Waals surface area contributed by atoms with Crippen molar-refractivity contribution in [3.63, 3.8) is 0 Å². The SMILES string of the molecule is C=C(N)NCCN.CC.CN(CCc1ccccn1)C(=O)c1ccc2c(c1)nc(-c1ccc(Oc3ccccc3)cc1)n2C. The number of carbonyl (C=O) groups is 1. The fourth-order valence-electron chi connectivity index (χ4n) is 4.27. The second-order valence-corrected chi connectivity index (χ2v) is 9.68. The first-order valence-corrected chi connectivity index (χ1v) is 14.7. The molecule has 0 saturated heterocycles. The van der Waals surface area contributed by atoms with E-state index in [-0.39, 0.29) is 5.91 Å². The van der Waals surface area contributed by atoms with E-state index in [1.54, 1.807) is 11.1 Å². The van der Waals surface area contributed by atoms with E-state index >= 15 is 0 Å². The van der Waals surface area contributed by atoms with Crippen LogP contribution in [-0.2, 0) is 13.5 Å². The van der Waals surface area contributed by atoms with Crippen LogP contribution in [-0.4, -0.2) is 52.0 Å². The van der Waals surface area contributed by atoms with Gasteiger partial charge in [-0.3, -0.25) is 9.78 Å². The molecule has 2 aromatic heterocycles. The molecule has 5 N–H and O–H groups in total. The Hall–Kier alpha value is -5.15. The number of nitrogens with two attached hydrogens (primary N) is 2. The summed E-state index contributed by atoms with van der Waals surface area (Å²) in [6.45, 7) is 9.30. The third kappa shape index (κ3) is 9.43. The number of amides is 1. The van der Waals surface area contributed by atoms with Crippen molar-refractivity contribution in [2.75, 3.05) is 26.7 Å². The molecule has 0 aliphatic carbocycles. The second kappa shape index (κ2) is 17.1. The number of hydrogen-bond acceptors (Lipinski definition) is 7. The molecule has 0 bridgehead atoms. The highest BCUT2D eigenvalue weighted by molar-refractivity contribution is 5.97. The first-order valence-electron chi connectivity index (χ1n) is 14.7. The molecule has 44 heavy (non-hydrogen) atoms. The average molecular weight is 594 g/mol. The molecule has 0 unspecified atom stereocenters. The molecule has 9 nitrogen and oxygen atoms in total. The highest BCUT2D eigenvalue weighted by Crippen LogP contribution is 2.28. The number of imidazole rings is 1. The summed E-state index contributed by atoms with van der Waals surface area (Å²) in [6, 6.07) is 29.1. The molecular formula is C35H43N7O2. The van der Waals surface area contributed by atoms with Crippen LogP contribution in [0.2, 0.25) is 0 Å². The zero-order valence-corrected chi connectivity index (χ0v) is 26.0. The average Bonchev–Trinajstić information content (AvgIpc) is 3.40. The molecular weight excluding hydrogens is 550 g/mol. The van der Waals surface area contributed by atoms with E-state index in [0.717, 1.165) is 39.6 Å². The second-order valence-electron chi connectivity index (χ2n) is 9.68. The van der Waals surface area contributed by atoms with Crippen molar-refractivity contribution in [1.82, 2.24) is 24.8 Å². The first kappa shape index (κ1) is 33.4. The molecule has 1 amide bonds. The largest absolute Gasteiger partial charge is 0.457 e. The van der Waals surface area contributed by atoms with Crippen molar-refractivity contribution >= 4 is 16.9 Å². The molecule has 5 rings (SSSR count). The number of nitrogens with one attached hydrogen (secondary N) is 1. The van der Waals surface area contributed by atoms with Crippen molar-refractivity contribution in [2.24, 2.45) is 18.5 Å². The van der Waals surface area contributed by atoms with Gasteiger partial charge in [-0.2, -0.15) is 0 Å². The van der Waals surface area contributed by atoms with E-state index in [1.807, 2.05) is 124 Å². The number of fused-ring (bicyclic) bond motifs is 1. The number of para-hydroxylation sites is 1. The van der Waals surface area contributed by atoms with E-state index in [9.17, 15) is 4.79 Å². The van der Waals surface area contributed by atoms with E-state index in [2.05, 4.69) is 16.9 Å². The van der Waals surface area contributed by atoms with Crippen molar-refractivity contribution in [2.45, 2.75) is 20.3 Å². The predicted octanol–water partition coefficient (Wildman–Crippen LogP) is 5.73. The van der Waals surface area contributed by atoms with Gasteiger partial charge >= 0.3 is 0 Å². The molecule has 0 fully saturated rings. The zero-order valence-electron chi connectivity index (χ0n) is 26.0. The van der Waals surface area contributed by atoms with Gasteiger partial charge in [-0.15, -0.1) is 0 Å². The minimum absolute atomic E-state index is 0.0301. The lowest BCUT2D eigenvalue weighted by atomic mass is 10.1. The molecule has 5 aromatic rings. The van der Waals surface area contributed by atoms with Crippen LogP contribution in [0.5, 0.6) is 11.5 Å². The molecule has 230 valence electrons. The van der Waals surface area contributed by atoms with Crippen molar-refractivity contribution in [3.05, 3.63) is 121 Å². The van der Waals surface area contributed by atoms with Crippen molar-refractivity contribution in [3.8, 4) is 22.9 Å². The first-order chi connectivity index (χ1) is 21.4. The van der Waals surface area contributed by atoms with Crippen LogP contribution in [0.25, 0.3) is 22.4 Å². The topological polar surface area (TPSA) is 124 Å². The summed E-state index contributed by atoms with van der Waals surface area (Å²) in [7, 11) is 3.80.